The van der Waals surface area contributed by atoms with Gasteiger partial charge >= 0.3 is 0 Å². The van der Waals surface area contributed by atoms with Crippen LogP contribution in [0.1, 0.15) is 26.7 Å². The first-order valence-electron chi connectivity index (χ1n) is 6.76. The van der Waals surface area contributed by atoms with Crippen LogP contribution in [0.4, 0.5) is 5.95 Å². The van der Waals surface area contributed by atoms with Gasteiger partial charge in [-0.15, -0.1) is 0 Å². The number of anilines is 1. The Kier molecular flexibility index (Phi) is 4.75. The van der Waals surface area contributed by atoms with Crippen molar-refractivity contribution in [1.29, 1.82) is 0 Å². The van der Waals surface area contributed by atoms with Crippen LogP contribution in [-0.2, 0) is 0 Å². The zero-order valence-electron chi connectivity index (χ0n) is 11.2. The molecule has 0 spiro atoms. The van der Waals surface area contributed by atoms with Gasteiger partial charge in [0.05, 0.1) is 6.61 Å². The maximum atomic E-state index is 5.37. The Morgan fingerprint density at radius 2 is 2.17 bits per heavy atom. The van der Waals surface area contributed by atoms with Gasteiger partial charge in [-0.2, -0.15) is 4.98 Å². The average molecular weight is 250 g/mol. The van der Waals surface area contributed by atoms with E-state index < -0.39 is 0 Å². The second kappa shape index (κ2) is 6.54. The number of rotatable bonds is 5. The number of ether oxygens (including phenoxy) is 1. The molecular formula is C13H22N4O. The molecule has 5 heteroatoms. The standard InChI is InChI=1S/C13H22N4O/c1-3-17-9-6-11(7-10-17)15-13-14-8-5-12(16-13)18-4-2/h5,8,11H,3-4,6-7,9-10H2,1-2H3,(H,14,15,16). The maximum absolute atomic E-state index is 5.37. The zero-order chi connectivity index (χ0) is 12.8. The van der Waals surface area contributed by atoms with E-state index in [0.717, 1.165) is 32.5 Å². The molecule has 18 heavy (non-hydrogen) atoms. The average Bonchev–Trinajstić information content (AvgIpc) is 2.40. The van der Waals surface area contributed by atoms with Gasteiger partial charge in [0.2, 0.25) is 11.8 Å². The highest BCUT2D eigenvalue weighted by Gasteiger charge is 2.18. The second-order valence-corrected chi connectivity index (χ2v) is 4.50. The molecular weight excluding hydrogens is 228 g/mol. The molecule has 1 aliphatic heterocycles. The van der Waals surface area contributed by atoms with Crippen molar-refractivity contribution in [3.05, 3.63) is 12.3 Å². The Bertz CT molecular complexity index is 364. The van der Waals surface area contributed by atoms with Crippen LogP contribution in [0.25, 0.3) is 0 Å². The van der Waals surface area contributed by atoms with Crippen LogP contribution >= 0.6 is 0 Å². The molecule has 0 aliphatic carbocycles. The molecule has 0 amide bonds. The van der Waals surface area contributed by atoms with Crippen molar-refractivity contribution in [3.63, 3.8) is 0 Å². The van der Waals surface area contributed by atoms with E-state index >= 15 is 0 Å². The van der Waals surface area contributed by atoms with Crippen molar-refractivity contribution in [2.24, 2.45) is 0 Å². The highest BCUT2D eigenvalue weighted by molar-refractivity contribution is 5.29. The number of hydrogen-bond donors (Lipinski definition) is 1. The molecule has 1 aromatic heterocycles. The van der Waals surface area contributed by atoms with Crippen LogP contribution in [0, 0.1) is 0 Å². The van der Waals surface area contributed by atoms with Crippen molar-refractivity contribution >= 4 is 5.95 Å². The molecule has 2 rings (SSSR count). The van der Waals surface area contributed by atoms with Crippen molar-refractivity contribution in [2.45, 2.75) is 32.7 Å². The van der Waals surface area contributed by atoms with Gasteiger partial charge in [-0.1, -0.05) is 6.92 Å². The molecule has 5 nitrogen and oxygen atoms in total. The third kappa shape index (κ3) is 3.57. The highest BCUT2D eigenvalue weighted by atomic mass is 16.5. The summed E-state index contributed by atoms with van der Waals surface area (Å²) < 4.78 is 5.37. The van der Waals surface area contributed by atoms with Crippen LogP contribution in [0.2, 0.25) is 0 Å². The summed E-state index contributed by atoms with van der Waals surface area (Å²) in [4.78, 5) is 11.0. The van der Waals surface area contributed by atoms with Gasteiger partial charge in [0.25, 0.3) is 0 Å². The first-order valence-corrected chi connectivity index (χ1v) is 6.76. The molecule has 0 atom stereocenters. The van der Waals surface area contributed by atoms with E-state index in [1.165, 1.54) is 0 Å². The van der Waals surface area contributed by atoms with Crippen LogP contribution in [0.5, 0.6) is 5.88 Å². The Morgan fingerprint density at radius 1 is 1.39 bits per heavy atom. The summed E-state index contributed by atoms with van der Waals surface area (Å²) in [5.74, 6) is 1.32. The molecule has 0 radical (unpaired) electrons. The van der Waals surface area contributed by atoms with E-state index in [1.807, 2.05) is 6.92 Å². The van der Waals surface area contributed by atoms with Crippen molar-refractivity contribution in [3.8, 4) is 5.88 Å². The minimum atomic E-state index is 0.477. The number of nitrogens with zero attached hydrogens (tertiary/aromatic N) is 3. The third-order valence-electron chi connectivity index (χ3n) is 3.29. The van der Waals surface area contributed by atoms with E-state index in [-0.39, 0.29) is 0 Å². The van der Waals surface area contributed by atoms with Crippen LogP contribution < -0.4 is 10.1 Å². The molecule has 1 N–H and O–H groups in total. The lowest BCUT2D eigenvalue weighted by atomic mass is 10.1. The predicted octanol–water partition coefficient (Wildman–Crippen LogP) is 1.77. The van der Waals surface area contributed by atoms with Gasteiger partial charge in [-0.3, -0.25) is 0 Å². The third-order valence-corrected chi connectivity index (χ3v) is 3.29. The Balaban J connectivity index is 1.87. The molecule has 100 valence electrons. The van der Waals surface area contributed by atoms with Gasteiger partial charge in [0.1, 0.15) is 0 Å². The summed E-state index contributed by atoms with van der Waals surface area (Å²) in [6, 6.07) is 2.26. The maximum Gasteiger partial charge on any atom is 0.226 e. The van der Waals surface area contributed by atoms with Gasteiger partial charge < -0.3 is 15.0 Å². The summed E-state index contributed by atoms with van der Waals surface area (Å²) in [5.41, 5.74) is 0. The SMILES string of the molecule is CCOc1ccnc(NC2CCN(CC)CC2)n1. The molecule has 2 heterocycles. The second-order valence-electron chi connectivity index (χ2n) is 4.50. The normalized spacial score (nSPS) is 17.7. The summed E-state index contributed by atoms with van der Waals surface area (Å²) in [6.07, 6.45) is 4.04. The van der Waals surface area contributed by atoms with Gasteiger partial charge in [0.15, 0.2) is 0 Å². The van der Waals surface area contributed by atoms with E-state index in [4.69, 9.17) is 4.74 Å². The molecule has 0 bridgehead atoms. The van der Waals surface area contributed by atoms with E-state index in [1.54, 1.807) is 12.3 Å². The van der Waals surface area contributed by atoms with E-state index in [2.05, 4.69) is 27.1 Å². The number of aromatic nitrogens is 2. The van der Waals surface area contributed by atoms with Crippen molar-refractivity contribution in [1.82, 2.24) is 14.9 Å². The lowest BCUT2D eigenvalue weighted by molar-refractivity contribution is 0.229. The smallest absolute Gasteiger partial charge is 0.226 e. The fourth-order valence-electron chi connectivity index (χ4n) is 2.22. The monoisotopic (exact) mass is 250 g/mol. The topological polar surface area (TPSA) is 50.3 Å². The Labute approximate surface area is 109 Å². The molecule has 0 unspecified atom stereocenters. The minimum Gasteiger partial charge on any atom is -0.478 e. The Morgan fingerprint density at radius 3 is 2.83 bits per heavy atom. The van der Waals surface area contributed by atoms with Crippen LogP contribution in [-0.4, -0.2) is 47.2 Å². The van der Waals surface area contributed by atoms with Gasteiger partial charge in [-0.25, -0.2) is 4.98 Å². The molecule has 1 fully saturated rings. The largest absolute Gasteiger partial charge is 0.478 e. The number of likely N-dealkylation sites (tertiary alicyclic amines) is 1. The minimum absolute atomic E-state index is 0.477. The van der Waals surface area contributed by atoms with Crippen molar-refractivity contribution in [2.75, 3.05) is 31.6 Å². The number of piperidine rings is 1. The van der Waals surface area contributed by atoms with Crippen LogP contribution in [0.15, 0.2) is 12.3 Å². The lowest BCUT2D eigenvalue weighted by Crippen LogP contribution is -2.39. The number of nitrogens with one attached hydrogen (secondary N) is 1. The Hall–Kier alpha value is -1.36. The summed E-state index contributed by atoms with van der Waals surface area (Å²) in [5, 5.41) is 3.40. The first-order chi connectivity index (χ1) is 8.81. The van der Waals surface area contributed by atoms with Gasteiger partial charge in [-0.05, 0) is 26.3 Å². The molecule has 1 aliphatic rings. The summed E-state index contributed by atoms with van der Waals surface area (Å²) >= 11 is 0. The predicted molar refractivity (Wildman–Crippen MR) is 72.0 cm³/mol. The molecule has 1 aromatic rings. The first kappa shape index (κ1) is 13.1. The quantitative estimate of drug-likeness (QED) is 0.863. The fraction of sp³-hybridized carbons (Fsp3) is 0.692. The molecule has 0 aromatic carbocycles. The number of hydrogen-bond acceptors (Lipinski definition) is 5. The zero-order valence-corrected chi connectivity index (χ0v) is 11.2. The summed E-state index contributed by atoms with van der Waals surface area (Å²) in [6.45, 7) is 8.24. The van der Waals surface area contributed by atoms with E-state index in [9.17, 15) is 0 Å². The highest BCUT2D eigenvalue weighted by Crippen LogP contribution is 2.15. The lowest BCUT2D eigenvalue weighted by Gasteiger charge is -2.31. The van der Waals surface area contributed by atoms with Crippen LogP contribution in [0.3, 0.4) is 0 Å². The van der Waals surface area contributed by atoms with E-state index in [0.29, 0.717) is 24.5 Å². The van der Waals surface area contributed by atoms with Crippen molar-refractivity contribution < 1.29 is 4.74 Å². The summed E-state index contributed by atoms with van der Waals surface area (Å²) in [7, 11) is 0. The molecule has 0 saturated carbocycles. The molecule has 1 saturated heterocycles. The van der Waals surface area contributed by atoms with Gasteiger partial charge in [0, 0.05) is 31.4 Å². The fourth-order valence-corrected chi connectivity index (χ4v) is 2.22.